The lowest BCUT2D eigenvalue weighted by Gasteiger charge is -2.23. The molecule has 0 radical (unpaired) electrons. The van der Waals surface area contributed by atoms with Crippen molar-refractivity contribution >= 4 is 22.5 Å². The summed E-state index contributed by atoms with van der Waals surface area (Å²) in [7, 11) is 0. The topological polar surface area (TPSA) is 96.3 Å². The first-order valence-electron chi connectivity index (χ1n) is 7.46. The highest BCUT2D eigenvalue weighted by molar-refractivity contribution is 5.94. The molecule has 0 bridgehead atoms. The Bertz CT molecular complexity index is 999. The standard InChI is InChI=1S/C17H12FN3O4/c18-9-5-6-11-10(7-9)15(17(23)19-11)20-21-16(22)14-8-24-12-3-1-2-4-13(12)25-14/h1-7,14,19,23H,8H2/t14-/m1/s1. The molecule has 7 nitrogen and oxygen atoms in total. The fourth-order valence-electron chi connectivity index (χ4n) is 2.54. The number of fused-ring (bicyclic) bond motifs is 2. The number of H-pyrrole nitrogens is 1. The van der Waals surface area contributed by atoms with Crippen molar-refractivity contribution in [2.24, 2.45) is 10.2 Å². The second-order valence-corrected chi connectivity index (χ2v) is 5.41. The largest absolute Gasteiger partial charge is 0.493 e. The van der Waals surface area contributed by atoms with Crippen LogP contribution in [-0.2, 0) is 4.79 Å². The highest BCUT2D eigenvalue weighted by Gasteiger charge is 2.27. The Labute approximate surface area is 140 Å². The Morgan fingerprint density at radius 2 is 2.04 bits per heavy atom. The predicted molar refractivity (Wildman–Crippen MR) is 85.8 cm³/mol. The molecule has 25 heavy (non-hydrogen) atoms. The zero-order valence-electron chi connectivity index (χ0n) is 12.8. The van der Waals surface area contributed by atoms with Crippen molar-refractivity contribution in [2.45, 2.75) is 6.10 Å². The summed E-state index contributed by atoms with van der Waals surface area (Å²) in [5, 5.41) is 17.5. The van der Waals surface area contributed by atoms with Crippen LogP contribution in [0.15, 0.2) is 52.7 Å². The molecule has 2 heterocycles. The normalized spacial score (nSPS) is 16.4. The maximum atomic E-state index is 13.4. The molecular weight excluding hydrogens is 329 g/mol. The molecule has 0 aliphatic carbocycles. The van der Waals surface area contributed by atoms with Crippen LogP contribution in [0.3, 0.4) is 0 Å². The number of carbonyl (C=O) groups excluding carboxylic acids is 1. The molecule has 4 rings (SSSR count). The SMILES string of the molecule is O=C(N=Nc1c(O)[nH]c2ccc(F)cc12)[C@H]1COc2ccccc2O1. The van der Waals surface area contributed by atoms with Gasteiger partial charge < -0.3 is 19.6 Å². The lowest BCUT2D eigenvalue weighted by atomic mass is 10.2. The molecule has 2 N–H and O–H groups in total. The van der Waals surface area contributed by atoms with Gasteiger partial charge in [-0.15, -0.1) is 10.2 Å². The highest BCUT2D eigenvalue weighted by atomic mass is 19.1. The van der Waals surface area contributed by atoms with E-state index in [2.05, 4.69) is 15.2 Å². The van der Waals surface area contributed by atoms with Crippen molar-refractivity contribution in [1.29, 1.82) is 0 Å². The van der Waals surface area contributed by atoms with Crippen molar-refractivity contribution in [3.05, 3.63) is 48.3 Å². The van der Waals surface area contributed by atoms with Gasteiger partial charge in [-0.3, -0.25) is 4.79 Å². The van der Waals surface area contributed by atoms with Gasteiger partial charge in [0.2, 0.25) is 12.0 Å². The molecule has 8 heteroatoms. The summed E-state index contributed by atoms with van der Waals surface area (Å²) in [6, 6.07) is 10.9. The van der Waals surface area contributed by atoms with Gasteiger partial charge in [0, 0.05) is 5.39 Å². The average molecular weight is 341 g/mol. The number of azo groups is 1. The third kappa shape index (κ3) is 2.78. The number of rotatable bonds is 2. The zero-order chi connectivity index (χ0) is 17.4. The highest BCUT2D eigenvalue weighted by Crippen LogP contribution is 2.36. The van der Waals surface area contributed by atoms with Crippen LogP contribution >= 0.6 is 0 Å². The second kappa shape index (κ2) is 5.90. The maximum absolute atomic E-state index is 13.4. The number of para-hydroxylation sites is 2. The van der Waals surface area contributed by atoms with Crippen LogP contribution in [-0.4, -0.2) is 28.7 Å². The smallest absolute Gasteiger partial charge is 0.308 e. The van der Waals surface area contributed by atoms with Crippen LogP contribution in [0.2, 0.25) is 0 Å². The fraction of sp³-hybridized carbons (Fsp3) is 0.118. The number of hydrogen-bond donors (Lipinski definition) is 2. The van der Waals surface area contributed by atoms with Gasteiger partial charge >= 0.3 is 5.91 Å². The van der Waals surface area contributed by atoms with Gasteiger partial charge in [-0.25, -0.2) is 4.39 Å². The van der Waals surface area contributed by atoms with Crippen LogP contribution in [0.5, 0.6) is 17.4 Å². The molecule has 2 aromatic carbocycles. The molecule has 0 saturated carbocycles. The van der Waals surface area contributed by atoms with E-state index in [4.69, 9.17) is 9.47 Å². The van der Waals surface area contributed by atoms with E-state index in [9.17, 15) is 14.3 Å². The molecule has 1 atom stereocenters. The lowest BCUT2D eigenvalue weighted by Crippen LogP contribution is -2.35. The Morgan fingerprint density at radius 1 is 1.24 bits per heavy atom. The minimum absolute atomic E-state index is 0.00333. The van der Waals surface area contributed by atoms with Crippen LogP contribution in [0, 0.1) is 5.82 Å². The van der Waals surface area contributed by atoms with Crippen molar-refractivity contribution in [3.63, 3.8) is 0 Å². The molecule has 0 spiro atoms. The first-order chi connectivity index (χ1) is 12.1. The monoisotopic (exact) mass is 341 g/mol. The first kappa shape index (κ1) is 15.1. The molecule has 126 valence electrons. The summed E-state index contributed by atoms with van der Waals surface area (Å²) in [5.41, 5.74) is 0.464. The average Bonchev–Trinajstić information content (AvgIpc) is 2.93. The van der Waals surface area contributed by atoms with Gasteiger partial charge in [-0.05, 0) is 30.3 Å². The number of aromatic amines is 1. The maximum Gasteiger partial charge on any atom is 0.308 e. The summed E-state index contributed by atoms with van der Waals surface area (Å²) in [6.45, 7) is 0.00333. The second-order valence-electron chi connectivity index (χ2n) is 5.41. The van der Waals surface area contributed by atoms with E-state index in [1.165, 1.54) is 18.2 Å². The van der Waals surface area contributed by atoms with E-state index in [1.807, 2.05) is 0 Å². The van der Waals surface area contributed by atoms with Crippen molar-refractivity contribution in [2.75, 3.05) is 6.61 Å². The number of benzene rings is 2. The summed E-state index contributed by atoms with van der Waals surface area (Å²) in [5.74, 6) is -0.467. The molecule has 1 amide bonds. The van der Waals surface area contributed by atoms with E-state index in [0.717, 1.165) is 0 Å². The molecule has 0 saturated heterocycles. The van der Waals surface area contributed by atoms with Gasteiger partial charge in [-0.1, -0.05) is 12.1 Å². The third-order valence-corrected chi connectivity index (χ3v) is 3.75. The Balaban J connectivity index is 1.57. The number of halogens is 1. The first-order valence-corrected chi connectivity index (χ1v) is 7.46. The molecule has 1 aliphatic rings. The van der Waals surface area contributed by atoms with Crippen molar-refractivity contribution in [3.8, 4) is 17.4 Å². The van der Waals surface area contributed by atoms with Gasteiger partial charge in [0.25, 0.3) is 0 Å². The Hall–Kier alpha value is -3.42. The predicted octanol–water partition coefficient (Wildman–Crippen LogP) is 3.46. The number of amides is 1. The van der Waals surface area contributed by atoms with E-state index in [0.29, 0.717) is 22.4 Å². The molecule has 1 aliphatic heterocycles. The molecule has 1 aromatic heterocycles. The lowest BCUT2D eigenvalue weighted by molar-refractivity contribution is -0.127. The number of hydrogen-bond acceptors (Lipinski definition) is 5. The van der Waals surface area contributed by atoms with Crippen molar-refractivity contribution < 1.29 is 23.8 Å². The van der Waals surface area contributed by atoms with E-state index < -0.39 is 17.8 Å². The van der Waals surface area contributed by atoms with E-state index in [-0.39, 0.29) is 18.2 Å². The van der Waals surface area contributed by atoms with Gasteiger partial charge in [0.15, 0.2) is 17.2 Å². The fourth-order valence-corrected chi connectivity index (χ4v) is 2.54. The van der Waals surface area contributed by atoms with Crippen LogP contribution in [0.4, 0.5) is 10.1 Å². The quantitative estimate of drug-likeness (QED) is 0.698. The van der Waals surface area contributed by atoms with Gasteiger partial charge in [0.05, 0.1) is 5.52 Å². The number of nitrogens with zero attached hydrogens (tertiary/aromatic N) is 2. The summed E-state index contributed by atoms with van der Waals surface area (Å²) >= 11 is 0. The number of carbonyl (C=O) groups is 1. The Morgan fingerprint density at radius 3 is 2.88 bits per heavy atom. The van der Waals surface area contributed by atoms with Crippen molar-refractivity contribution in [1.82, 2.24) is 4.98 Å². The third-order valence-electron chi connectivity index (χ3n) is 3.75. The summed E-state index contributed by atoms with van der Waals surface area (Å²) in [6.07, 6.45) is -0.942. The minimum Gasteiger partial charge on any atom is -0.493 e. The molecule has 3 aromatic rings. The summed E-state index contributed by atoms with van der Waals surface area (Å²) < 4.78 is 24.4. The minimum atomic E-state index is -0.942. The number of nitrogens with one attached hydrogen (secondary N) is 1. The van der Waals surface area contributed by atoms with E-state index in [1.54, 1.807) is 24.3 Å². The van der Waals surface area contributed by atoms with Gasteiger partial charge in [0.1, 0.15) is 12.4 Å². The van der Waals surface area contributed by atoms with Crippen LogP contribution in [0.1, 0.15) is 0 Å². The van der Waals surface area contributed by atoms with Crippen LogP contribution < -0.4 is 9.47 Å². The molecular formula is C17H12FN3O4. The molecule has 0 unspecified atom stereocenters. The zero-order valence-corrected chi connectivity index (χ0v) is 12.8. The van der Waals surface area contributed by atoms with Crippen LogP contribution in [0.25, 0.3) is 10.9 Å². The number of aromatic nitrogens is 1. The number of ether oxygens (including phenoxy) is 2. The van der Waals surface area contributed by atoms with E-state index >= 15 is 0 Å². The Kier molecular flexibility index (Phi) is 3.57. The number of aromatic hydroxyl groups is 1. The summed E-state index contributed by atoms with van der Waals surface area (Å²) in [4.78, 5) is 14.8. The van der Waals surface area contributed by atoms with Gasteiger partial charge in [-0.2, -0.15) is 0 Å². The molecule has 0 fully saturated rings.